The summed E-state index contributed by atoms with van der Waals surface area (Å²) in [5.41, 5.74) is 3.39. The van der Waals surface area contributed by atoms with Crippen LogP contribution in [0.4, 0.5) is 0 Å². The summed E-state index contributed by atoms with van der Waals surface area (Å²) in [7, 11) is 1.77. The van der Waals surface area contributed by atoms with Gasteiger partial charge in [0, 0.05) is 24.5 Å². The maximum Gasteiger partial charge on any atom is 0.191 e. The van der Waals surface area contributed by atoms with E-state index in [-0.39, 0.29) is 24.0 Å². The number of guanidine groups is 1. The molecule has 0 unspecified atom stereocenters. The Morgan fingerprint density at radius 2 is 1.60 bits per heavy atom. The fraction of sp³-hybridized carbons (Fsp3) is 0.158. The summed E-state index contributed by atoms with van der Waals surface area (Å²) in [6.07, 6.45) is 0. The lowest BCUT2D eigenvalue weighted by Gasteiger charge is -2.11. The third-order valence-corrected chi connectivity index (χ3v) is 4.48. The van der Waals surface area contributed by atoms with Gasteiger partial charge < -0.3 is 10.6 Å². The molecular formula is C19H21IN4S. The summed E-state index contributed by atoms with van der Waals surface area (Å²) in [6, 6.07) is 20.5. The molecule has 130 valence electrons. The molecule has 6 heteroatoms. The van der Waals surface area contributed by atoms with Gasteiger partial charge in [0.1, 0.15) is 5.01 Å². The Balaban J connectivity index is 0.00000225. The Morgan fingerprint density at radius 3 is 2.28 bits per heavy atom. The first-order valence-corrected chi connectivity index (χ1v) is 8.71. The molecule has 1 heterocycles. The van der Waals surface area contributed by atoms with Gasteiger partial charge in [0.25, 0.3) is 0 Å². The quantitative estimate of drug-likeness (QED) is 0.337. The van der Waals surface area contributed by atoms with Crippen molar-refractivity contribution in [3.05, 3.63) is 77.3 Å². The number of nitrogens with one attached hydrogen (secondary N) is 2. The van der Waals surface area contributed by atoms with Crippen LogP contribution in [0.1, 0.15) is 11.3 Å². The second kappa shape index (κ2) is 10.1. The van der Waals surface area contributed by atoms with Gasteiger partial charge in [0.05, 0.1) is 12.2 Å². The molecule has 1 aromatic heterocycles. The van der Waals surface area contributed by atoms with E-state index in [9.17, 15) is 0 Å². The number of thiazole rings is 1. The number of rotatable bonds is 5. The van der Waals surface area contributed by atoms with Gasteiger partial charge in [-0.15, -0.1) is 35.3 Å². The van der Waals surface area contributed by atoms with Gasteiger partial charge in [-0.05, 0) is 5.56 Å². The summed E-state index contributed by atoms with van der Waals surface area (Å²) in [4.78, 5) is 8.93. The minimum Gasteiger partial charge on any atom is -0.352 e. The van der Waals surface area contributed by atoms with Gasteiger partial charge in [0.15, 0.2) is 5.96 Å². The third-order valence-electron chi connectivity index (χ3n) is 3.54. The Kier molecular flexibility index (Phi) is 7.87. The lowest BCUT2D eigenvalue weighted by Crippen LogP contribution is -2.36. The lowest BCUT2D eigenvalue weighted by atomic mass is 10.2. The maximum absolute atomic E-state index is 4.68. The van der Waals surface area contributed by atoms with Crippen molar-refractivity contribution in [2.45, 2.75) is 13.1 Å². The molecule has 0 radical (unpaired) electrons. The van der Waals surface area contributed by atoms with E-state index < -0.39 is 0 Å². The van der Waals surface area contributed by atoms with Crippen molar-refractivity contribution in [2.24, 2.45) is 4.99 Å². The minimum atomic E-state index is 0. The molecule has 0 aliphatic rings. The summed E-state index contributed by atoms with van der Waals surface area (Å²) >= 11 is 1.66. The molecule has 0 fully saturated rings. The van der Waals surface area contributed by atoms with Crippen LogP contribution in [0.15, 0.2) is 71.0 Å². The van der Waals surface area contributed by atoms with Crippen LogP contribution in [0.2, 0.25) is 0 Å². The molecular weight excluding hydrogens is 443 g/mol. The Morgan fingerprint density at radius 1 is 0.960 bits per heavy atom. The van der Waals surface area contributed by atoms with Crippen LogP contribution >= 0.6 is 35.3 Å². The van der Waals surface area contributed by atoms with E-state index in [1.54, 1.807) is 18.4 Å². The van der Waals surface area contributed by atoms with Gasteiger partial charge >= 0.3 is 0 Å². The van der Waals surface area contributed by atoms with Crippen LogP contribution in [-0.4, -0.2) is 18.0 Å². The number of aromatic nitrogens is 1. The molecule has 0 amide bonds. The third kappa shape index (κ3) is 5.82. The zero-order valence-corrected chi connectivity index (χ0v) is 17.1. The van der Waals surface area contributed by atoms with Crippen LogP contribution < -0.4 is 10.6 Å². The van der Waals surface area contributed by atoms with E-state index in [0.29, 0.717) is 6.54 Å². The van der Waals surface area contributed by atoms with Crippen LogP contribution in [0.3, 0.4) is 0 Å². The average molecular weight is 464 g/mol. The monoisotopic (exact) mass is 464 g/mol. The predicted molar refractivity (Wildman–Crippen MR) is 116 cm³/mol. The van der Waals surface area contributed by atoms with Crippen LogP contribution in [-0.2, 0) is 13.1 Å². The molecule has 0 aliphatic heterocycles. The van der Waals surface area contributed by atoms with Crippen molar-refractivity contribution in [3.8, 4) is 10.6 Å². The number of aliphatic imine (C=N–C) groups is 1. The van der Waals surface area contributed by atoms with E-state index in [1.165, 1.54) is 5.56 Å². The molecule has 25 heavy (non-hydrogen) atoms. The van der Waals surface area contributed by atoms with E-state index in [4.69, 9.17) is 0 Å². The fourth-order valence-corrected chi connectivity index (χ4v) is 3.10. The first-order valence-electron chi connectivity index (χ1n) is 7.83. The molecule has 2 aromatic carbocycles. The Labute approximate surface area is 169 Å². The van der Waals surface area contributed by atoms with Gasteiger partial charge in [-0.3, -0.25) is 4.99 Å². The summed E-state index contributed by atoms with van der Waals surface area (Å²) in [6.45, 7) is 1.39. The molecule has 2 N–H and O–H groups in total. The van der Waals surface area contributed by atoms with Crippen molar-refractivity contribution >= 4 is 41.3 Å². The van der Waals surface area contributed by atoms with E-state index in [1.807, 2.05) is 36.4 Å². The molecule has 3 aromatic rings. The Hall–Kier alpha value is -1.93. The highest BCUT2D eigenvalue weighted by atomic mass is 127. The molecule has 4 nitrogen and oxygen atoms in total. The first-order chi connectivity index (χ1) is 11.8. The highest BCUT2D eigenvalue weighted by molar-refractivity contribution is 14.0. The largest absolute Gasteiger partial charge is 0.352 e. The zero-order chi connectivity index (χ0) is 16.6. The van der Waals surface area contributed by atoms with Crippen LogP contribution in [0, 0.1) is 0 Å². The van der Waals surface area contributed by atoms with Gasteiger partial charge in [-0.2, -0.15) is 0 Å². The topological polar surface area (TPSA) is 49.3 Å². The lowest BCUT2D eigenvalue weighted by molar-refractivity contribution is 0.798. The number of halogens is 1. The number of hydrogen-bond acceptors (Lipinski definition) is 3. The number of benzene rings is 2. The Bertz CT molecular complexity index is 787. The maximum atomic E-state index is 4.68. The van der Waals surface area contributed by atoms with Crippen molar-refractivity contribution in [1.82, 2.24) is 15.6 Å². The highest BCUT2D eigenvalue weighted by Crippen LogP contribution is 2.23. The van der Waals surface area contributed by atoms with Crippen molar-refractivity contribution in [2.75, 3.05) is 7.05 Å². The molecule has 0 aliphatic carbocycles. The second-order valence-electron chi connectivity index (χ2n) is 5.27. The molecule has 0 bridgehead atoms. The average Bonchev–Trinajstić information content (AvgIpc) is 3.12. The number of nitrogens with zero attached hydrogens (tertiary/aromatic N) is 2. The van der Waals surface area contributed by atoms with Crippen LogP contribution in [0.25, 0.3) is 10.6 Å². The summed E-state index contributed by atoms with van der Waals surface area (Å²) in [5, 5.41) is 9.74. The predicted octanol–water partition coefficient (Wildman–Crippen LogP) is 4.29. The highest BCUT2D eigenvalue weighted by Gasteiger charge is 2.05. The van der Waals surface area contributed by atoms with Crippen LogP contribution in [0.5, 0.6) is 0 Å². The first kappa shape index (κ1) is 19.4. The van der Waals surface area contributed by atoms with Gasteiger partial charge in [-0.1, -0.05) is 60.7 Å². The smallest absolute Gasteiger partial charge is 0.191 e. The fourth-order valence-electron chi connectivity index (χ4n) is 2.28. The van der Waals surface area contributed by atoms with Crippen molar-refractivity contribution in [1.29, 1.82) is 0 Å². The normalized spacial score (nSPS) is 10.8. The van der Waals surface area contributed by atoms with Gasteiger partial charge in [-0.25, -0.2) is 4.98 Å². The van der Waals surface area contributed by atoms with E-state index in [2.05, 4.69) is 50.3 Å². The standard InChI is InChI=1S/C19H20N4S.HI/c1-20-19(21-12-15-8-4-2-5-9-15)22-13-17-14-24-18(23-17)16-10-6-3-7-11-16;/h2-11,14H,12-13H2,1H3,(H2,20,21,22);1H. The molecule has 0 saturated heterocycles. The SMILES string of the molecule is CN=C(NCc1ccccc1)NCc1csc(-c2ccccc2)n1.I. The van der Waals surface area contributed by atoms with E-state index >= 15 is 0 Å². The zero-order valence-electron chi connectivity index (χ0n) is 14.0. The summed E-state index contributed by atoms with van der Waals surface area (Å²) < 4.78 is 0. The van der Waals surface area contributed by atoms with Gasteiger partial charge in [0.2, 0.25) is 0 Å². The van der Waals surface area contributed by atoms with Crippen molar-refractivity contribution in [3.63, 3.8) is 0 Å². The molecule has 0 spiro atoms. The number of hydrogen-bond donors (Lipinski definition) is 2. The molecule has 3 rings (SSSR count). The molecule has 0 atom stereocenters. The summed E-state index contributed by atoms with van der Waals surface area (Å²) in [5.74, 6) is 0.771. The van der Waals surface area contributed by atoms with Crippen molar-refractivity contribution < 1.29 is 0 Å². The second-order valence-corrected chi connectivity index (χ2v) is 6.13. The molecule has 0 saturated carbocycles. The minimum absolute atomic E-state index is 0. The van der Waals surface area contributed by atoms with E-state index in [0.717, 1.165) is 28.8 Å².